The van der Waals surface area contributed by atoms with Crippen LogP contribution in [0.4, 0.5) is 11.4 Å². The normalized spacial score (nSPS) is 21.7. The standard InChI is InChI=1S/C52H65ClN10O4/c1-33-8-12-45(50(65)56-33)62-32-43-41(51(62)66)11-13-44(48(43)53)61-20-16-37(17-21-61)28-36-14-18-58(19-15-36)22-23-59-24-26-60(27-25-59)40-10-9-38(54-30-40)29-46-55-31-42-34(2)47(35(3)64)52(67)63(49(42)57-46)39-6-4-5-7-39/h9-11,13,30-31,36-37,39,45H,1,4-8,12,14-29,32H2,2-3H3,(H,56,65). The average Bonchev–Trinajstić information content (AvgIpc) is 3.98. The number of halogens is 1. The van der Waals surface area contributed by atoms with Crippen molar-refractivity contribution in [2.45, 2.75) is 110 Å². The number of pyridine rings is 2. The second-order valence-electron chi connectivity index (χ2n) is 20.2. The Hall–Kier alpha value is -5.18. The number of allylic oxidation sites excluding steroid dienone is 1. The number of carbonyl (C=O) groups is 3. The van der Waals surface area contributed by atoms with Gasteiger partial charge in [0, 0.05) is 99.0 Å². The highest BCUT2D eigenvalue weighted by Crippen LogP contribution is 2.40. The van der Waals surface area contributed by atoms with Crippen molar-refractivity contribution in [1.29, 1.82) is 0 Å². The number of ketones is 1. The summed E-state index contributed by atoms with van der Waals surface area (Å²) in [5.74, 6) is 1.66. The molecule has 8 heterocycles. The molecule has 4 saturated heterocycles. The lowest BCUT2D eigenvalue weighted by Gasteiger charge is -2.39. The minimum atomic E-state index is -0.486. The molecule has 10 rings (SSSR count). The highest BCUT2D eigenvalue weighted by atomic mass is 35.5. The van der Waals surface area contributed by atoms with E-state index in [0.29, 0.717) is 59.1 Å². The molecule has 354 valence electrons. The fourth-order valence-electron chi connectivity index (χ4n) is 12.0. The van der Waals surface area contributed by atoms with E-state index in [0.717, 1.165) is 131 Å². The zero-order chi connectivity index (χ0) is 46.3. The fraction of sp³-hybridized carbons (Fsp3) is 0.558. The van der Waals surface area contributed by atoms with E-state index in [1.807, 2.05) is 25.3 Å². The van der Waals surface area contributed by atoms with Crippen LogP contribution < -0.4 is 20.7 Å². The number of Topliss-reactive ketones (excluding diaryl/α,β-unsaturated/α-hetero) is 1. The van der Waals surface area contributed by atoms with Gasteiger partial charge in [-0.1, -0.05) is 31.0 Å². The summed E-state index contributed by atoms with van der Waals surface area (Å²) in [6.07, 6.45) is 15.6. The first-order valence-electron chi connectivity index (χ1n) is 24.9. The Kier molecular flexibility index (Phi) is 13.2. The van der Waals surface area contributed by atoms with E-state index in [1.54, 1.807) is 15.7 Å². The zero-order valence-electron chi connectivity index (χ0n) is 39.3. The molecule has 1 saturated carbocycles. The highest BCUT2D eigenvalue weighted by Gasteiger charge is 2.40. The molecule has 2 amide bonds. The Morgan fingerprint density at radius 3 is 2.19 bits per heavy atom. The summed E-state index contributed by atoms with van der Waals surface area (Å²) in [7, 11) is 0. The summed E-state index contributed by atoms with van der Waals surface area (Å²) in [5.41, 5.74) is 6.52. The van der Waals surface area contributed by atoms with Crippen LogP contribution in [0, 0.1) is 18.8 Å². The number of rotatable bonds is 12. The minimum Gasteiger partial charge on any atom is -0.370 e. The molecule has 5 aliphatic heterocycles. The van der Waals surface area contributed by atoms with E-state index in [-0.39, 0.29) is 34.8 Å². The van der Waals surface area contributed by atoms with Crippen molar-refractivity contribution < 1.29 is 14.4 Å². The van der Waals surface area contributed by atoms with Gasteiger partial charge >= 0.3 is 0 Å². The monoisotopic (exact) mass is 928 g/mol. The van der Waals surface area contributed by atoms with E-state index >= 15 is 0 Å². The molecule has 4 aromatic rings. The Labute approximate surface area is 398 Å². The van der Waals surface area contributed by atoms with E-state index in [2.05, 4.69) is 48.6 Å². The van der Waals surface area contributed by atoms with E-state index in [1.165, 1.54) is 39.3 Å². The van der Waals surface area contributed by atoms with Crippen molar-refractivity contribution in [2.24, 2.45) is 11.8 Å². The zero-order valence-corrected chi connectivity index (χ0v) is 40.0. The van der Waals surface area contributed by atoms with Crippen LogP contribution in [-0.2, 0) is 17.8 Å². The number of benzene rings is 1. The number of nitrogens with one attached hydrogen (secondary N) is 1. The van der Waals surface area contributed by atoms with Gasteiger partial charge in [-0.05, 0) is 126 Å². The van der Waals surface area contributed by atoms with Crippen LogP contribution in [0.3, 0.4) is 0 Å². The van der Waals surface area contributed by atoms with Gasteiger partial charge in [-0.15, -0.1) is 0 Å². The molecule has 67 heavy (non-hydrogen) atoms. The maximum absolute atomic E-state index is 13.6. The number of nitrogens with zero attached hydrogens (tertiary/aromatic N) is 9. The molecule has 15 heteroatoms. The number of hydrogen-bond acceptors (Lipinski definition) is 11. The number of amides is 2. The molecule has 0 radical (unpaired) electrons. The molecule has 0 spiro atoms. The molecular weight excluding hydrogens is 864 g/mol. The molecular formula is C52H65ClN10O4. The molecule has 1 aliphatic carbocycles. The lowest BCUT2D eigenvalue weighted by molar-refractivity contribution is -0.126. The van der Waals surface area contributed by atoms with Gasteiger partial charge in [0.15, 0.2) is 5.78 Å². The average molecular weight is 930 g/mol. The number of piperazine rings is 1. The number of likely N-dealkylation sites (tertiary alicyclic amines) is 1. The molecule has 1 unspecified atom stereocenters. The number of hydrogen-bond donors (Lipinski definition) is 1. The van der Waals surface area contributed by atoms with Crippen LogP contribution >= 0.6 is 11.6 Å². The second kappa shape index (κ2) is 19.4. The molecule has 14 nitrogen and oxygen atoms in total. The van der Waals surface area contributed by atoms with Gasteiger partial charge in [-0.2, -0.15) is 0 Å². The molecule has 6 aliphatic rings. The maximum atomic E-state index is 13.6. The lowest BCUT2D eigenvalue weighted by Crippen LogP contribution is -2.49. The lowest BCUT2D eigenvalue weighted by atomic mass is 9.82. The first-order chi connectivity index (χ1) is 32.5. The maximum Gasteiger partial charge on any atom is 0.263 e. The number of piperidine rings is 3. The van der Waals surface area contributed by atoms with Crippen molar-refractivity contribution in [3.05, 3.63) is 98.1 Å². The molecule has 1 aromatic carbocycles. The number of aryl methyl sites for hydroxylation is 1. The summed E-state index contributed by atoms with van der Waals surface area (Å²) in [6, 6.07) is 7.71. The van der Waals surface area contributed by atoms with Crippen molar-refractivity contribution in [1.82, 2.24) is 39.5 Å². The van der Waals surface area contributed by atoms with Gasteiger partial charge < -0.3 is 24.9 Å². The van der Waals surface area contributed by atoms with Gasteiger partial charge in [0.1, 0.15) is 17.5 Å². The second-order valence-corrected chi connectivity index (χ2v) is 20.5. The first-order valence-corrected chi connectivity index (χ1v) is 25.3. The molecule has 3 aromatic heterocycles. The molecule has 1 atom stereocenters. The van der Waals surface area contributed by atoms with Gasteiger partial charge in [-0.3, -0.25) is 33.6 Å². The van der Waals surface area contributed by atoms with Gasteiger partial charge in [0.05, 0.1) is 34.6 Å². The summed E-state index contributed by atoms with van der Waals surface area (Å²) < 4.78 is 1.78. The predicted octanol–water partition coefficient (Wildman–Crippen LogP) is 6.95. The van der Waals surface area contributed by atoms with Crippen LogP contribution in [0.25, 0.3) is 11.0 Å². The van der Waals surface area contributed by atoms with Gasteiger partial charge in [0.25, 0.3) is 11.5 Å². The van der Waals surface area contributed by atoms with Crippen LogP contribution in [0.15, 0.2) is 53.7 Å². The first kappa shape index (κ1) is 45.6. The van der Waals surface area contributed by atoms with E-state index < -0.39 is 6.04 Å². The topological polar surface area (TPSA) is 140 Å². The molecule has 1 N–H and O–H groups in total. The largest absolute Gasteiger partial charge is 0.370 e. The van der Waals surface area contributed by atoms with Gasteiger partial charge in [0.2, 0.25) is 5.91 Å². The third-order valence-electron chi connectivity index (χ3n) is 16.0. The van der Waals surface area contributed by atoms with Crippen molar-refractivity contribution >= 4 is 51.6 Å². The number of anilines is 2. The quantitative estimate of drug-likeness (QED) is 0.148. The van der Waals surface area contributed by atoms with E-state index in [4.69, 9.17) is 21.6 Å². The summed E-state index contributed by atoms with van der Waals surface area (Å²) >= 11 is 7.03. The Morgan fingerprint density at radius 2 is 1.52 bits per heavy atom. The summed E-state index contributed by atoms with van der Waals surface area (Å²) in [4.78, 5) is 78.4. The number of aromatic nitrogens is 4. The van der Waals surface area contributed by atoms with E-state index in [9.17, 15) is 19.2 Å². The predicted molar refractivity (Wildman–Crippen MR) is 262 cm³/mol. The molecule has 5 fully saturated rings. The highest BCUT2D eigenvalue weighted by molar-refractivity contribution is 6.35. The Bertz CT molecular complexity index is 2600. The van der Waals surface area contributed by atoms with Crippen molar-refractivity contribution in [2.75, 3.05) is 75.2 Å². The Morgan fingerprint density at radius 1 is 0.821 bits per heavy atom. The number of carbonyl (C=O) groups excluding carboxylic acids is 3. The third-order valence-corrected chi connectivity index (χ3v) is 16.4. The van der Waals surface area contributed by atoms with Crippen molar-refractivity contribution in [3.63, 3.8) is 0 Å². The summed E-state index contributed by atoms with van der Waals surface area (Å²) in [5, 5.41) is 4.25. The van der Waals surface area contributed by atoms with Crippen LogP contribution in [0.5, 0.6) is 0 Å². The summed E-state index contributed by atoms with van der Waals surface area (Å²) in [6.45, 7) is 18.1. The van der Waals surface area contributed by atoms with Crippen LogP contribution in [0.2, 0.25) is 5.02 Å². The fourth-order valence-corrected chi connectivity index (χ4v) is 12.3. The van der Waals surface area contributed by atoms with Crippen LogP contribution in [0.1, 0.15) is 127 Å². The van der Waals surface area contributed by atoms with Crippen molar-refractivity contribution in [3.8, 4) is 0 Å². The minimum absolute atomic E-state index is 0.0528. The number of fused-ring (bicyclic) bond motifs is 2. The third kappa shape index (κ3) is 9.37. The SMILES string of the molecule is C=C1CCC(N2Cc3c(ccc(N4CCC(CC5CCN(CCN6CCN(c7ccc(Cc8ncc9c(C)c(C(C)=O)c(=O)n(C%10CCCC%10)c9n8)nc7)CC6)CC5)CC4)c3Cl)C2=O)C(=O)N1. The molecule has 0 bridgehead atoms. The smallest absolute Gasteiger partial charge is 0.263 e. The van der Waals surface area contributed by atoms with Crippen LogP contribution in [-0.4, -0.2) is 123 Å². The van der Waals surface area contributed by atoms with Gasteiger partial charge in [-0.25, -0.2) is 9.97 Å². The Balaban J connectivity index is 0.647.